The van der Waals surface area contributed by atoms with Gasteiger partial charge in [-0.25, -0.2) is 4.98 Å². The number of halogens is 4. The molecule has 1 aromatic carbocycles. The Hall–Kier alpha value is -2.02. The van der Waals surface area contributed by atoms with Crippen LogP contribution in [0.2, 0.25) is 5.02 Å². The van der Waals surface area contributed by atoms with Crippen LogP contribution in [-0.4, -0.2) is 10.9 Å². The number of aromatic nitrogens is 1. The van der Waals surface area contributed by atoms with E-state index >= 15 is 0 Å². The second-order valence-corrected chi connectivity index (χ2v) is 4.31. The molecule has 2 aromatic rings. The monoisotopic (exact) mass is 304 g/mol. The molecule has 20 heavy (non-hydrogen) atoms. The number of carbonyl (C=O) groups is 1. The van der Waals surface area contributed by atoms with E-state index in [2.05, 4.69) is 10.3 Å². The molecule has 4 nitrogen and oxygen atoms in total. The van der Waals surface area contributed by atoms with Gasteiger partial charge in [0.1, 0.15) is 6.26 Å². The van der Waals surface area contributed by atoms with Gasteiger partial charge in [-0.05, 0) is 18.2 Å². The summed E-state index contributed by atoms with van der Waals surface area (Å²) < 4.78 is 42.9. The van der Waals surface area contributed by atoms with Crippen LogP contribution in [0.4, 0.5) is 18.9 Å². The van der Waals surface area contributed by atoms with Crippen molar-refractivity contribution < 1.29 is 22.4 Å². The number of alkyl halides is 3. The highest BCUT2D eigenvalue weighted by atomic mass is 35.5. The molecule has 106 valence electrons. The zero-order valence-electron chi connectivity index (χ0n) is 10.1. The smallest absolute Gasteiger partial charge is 0.417 e. The van der Waals surface area contributed by atoms with Gasteiger partial charge in [-0.2, -0.15) is 13.2 Å². The summed E-state index contributed by atoms with van der Waals surface area (Å²) in [5, 5.41) is 1.85. The minimum absolute atomic E-state index is 0.0222. The van der Waals surface area contributed by atoms with E-state index in [1.165, 1.54) is 6.07 Å². The molecule has 1 N–H and O–H groups in total. The van der Waals surface area contributed by atoms with E-state index in [4.69, 9.17) is 16.0 Å². The number of hydrogen-bond acceptors (Lipinski definition) is 3. The SMILES string of the molecule is Cc1nc(C(=O)Nc2ccc(Cl)c(C(F)(F)F)c2)co1. The number of aryl methyl sites for hydroxylation is 1. The molecule has 1 aromatic heterocycles. The molecule has 0 spiro atoms. The topological polar surface area (TPSA) is 55.1 Å². The first-order chi connectivity index (χ1) is 9.27. The van der Waals surface area contributed by atoms with E-state index in [0.717, 1.165) is 18.4 Å². The third kappa shape index (κ3) is 3.11. The Balaban J connectivity index is 2.24. The summed E-state index contributed by atoms with van der Waals surface area (Å²) in [5.74, 6) is -0.389. The maximum absolute atomic E-state index is 12.7. The highest BCUT2D eigenvalue weighted by molar-refractivity contribution is 6.31. The Morgan fingerprint density at radius 3 is 2.65 bits per heavy atom. The van der Waals surface area contributed by atoms with Crippen molar-refractivity contribution in [2.75, 3.05) is 5.32 Å². The van der Waals surface area contributed by atoms with Gasteiger partial charge in [-0.1, -0.05) is 11.6 Å². The molecule has 0 radical (unpaired) electrons. The molecule has 0 bridgehead atoms. The van der Waals surface area contributed by atoms with Gasteiger partial charge >= 0.3 is 6.18 Å². The first kappa shape index (κ1) is 14.4. The number of hydrogen-bond donors (Lipinski definition) is 1. The molecule has 0 atom stereocenters. The molecule has 1 amide bonds. The standard InChI is InChI=1S/C12H8ClF3N2O2/c1-6-17-10(5-20-6)11(19)18-7-2-3-9(13)8(4-7)12(14,15)16/h2-5H,1H3,(H,18,19). The summed E-state index contributed by atoms with van der Waals surface area (Å²) >= 11 is 5.48. The van der Waals surface area contributed by atoms with Crippen molar-refractivity contribution in [3.05, 3.63) is 46.6 Å². The Bertz CT molecular complexity index is 652. The molecule has 0 saturated heterocycles. The number of amides is 1. The maximum Gasteiger partial charge on any atom is 0.417 e. The molecule has 0 aliphatic heterocycles. The summed E-state index contributed by atoms with van der Waals surface area (Å²) in [6.45, 7) is 1.54. The van der Waals surface area contributed by atoms with E-state index in [1.54, 1.807) is 6.92 Å². The van der Waals surface area contributed by atoms with Crippen molar-refractivity contribution >= 4 is 23.2 Å². The van der Waals surface area contributed by atoms with E-state index in [1.807, 2.05) is 0 Å². The molecule has 0 aliphatic rings. The predicted molar refractivity (Wildman–Crippen MR) is 65.6 cm³/mol. The quantitative estimate of drug-likeness (QED) is 0.915. The zero-order chi connectivity index (χ0) is 14.9. The molecule has 2 rings (SSSR count). The predicted octanol–water partition coefficient (Wildman–Crippen LogP) is 3.91. The first-order valence-corrected chi connectivity index (χ1v) is 5.75. The average molecular weight is 305 g/mol. The molecule has 0 saturated carbocycles. The van der Waals surface area contributed by atoms with Gasteiger partial charge in [0.05, 0.1) is 10.6 Å². The van der Waals surface area contributed by atoms with Crippen LogP contribution in [0.1, 0.15) is 21.9 Å². The maximum atomic E-state index is 12.7. The van der Waals surface area contributed by atoms with Crippen molar-refractivity contribution in [2.45, 2.75) is 13.1 Å². The Morgan fingerprint density at radius 1 is 1.40 bits per heavy atom. The van der Waals surface area contributed by atoms with Gasteiger partial charge in [-0.3, -0.25) is 4.79 Å². The van der Waals surface area contributed by atoms with Crippen LogP contribution < -0.4 is 5.32 Å². The second kappa shape index (κ2) is 5.16. The van der Waals surface area contributed by atoms with Crippen molar-refractivity contribution in [3.8, 4) is 0 Å². The van der Waals surface area contributed by atoms with Crippen molar-refractivity contribution in [1.82, 2.24) is 4.98 Å². The van der Waals surface area contributed by atoms with Crippen molar-refractivity contribution in [2.24, 2.45) is 0 Å². The minimum atomic E-state index is -4.59. The van der Waals surface area contributed by atoms with Crippen LogP contribution in [0.15, 0.2) is 28.9 Å². The fourth-order valence-electron chi connectivity index (χ4n) is 1.48. The number of benzene rings is 1. The van der Waals surface area contributed by atoms with Crippen LogP contribution >= 0.6 is 11.6 Å². The van der Waals surface area contributed by atoms with Crippen LogP contribution in [0.3, 0.4) is 0 Å². The lowest BCUT2D eigenvalue weighted by Crippen LogP contribution is -2.13. The summed E-state index contributed by atoms with van der Waals surface area (Å²) in [5.41, 5.74) is -1.08. The van der Waals surface area contributed by atoms with Gasteiger partial charge in [-0.15, -0.1) is 0 Å². The molecular weight excluding hydrogens is 297 g/mol. The third-order valence-corrected chi connectivity index (χ3v) is 2.71. The number of nitrogens with zero attached hydrogens (tertiary/aromatic N) is 1. The van der Waals surface area contributed by atoms with E-state index in [-0.39, 0.29) is 17.3 Å². The molecule has 0 aliphatic carbocycles. The average Bonchev–Trinajstić information content (AvgIpc) is 2.77. The van der Waals surface area contributed by atoms with Gasteiger partial charge < -0.3 is 9.73 Å². The normalized spacial score (nSPS) is 11.4. The van der Waals surface area contributed by atoms with Crippen LogP contribution in [0.5, 0.6) is 0 Å². The molecule has 8 heteroatoms. The summed E-state index contributed by atoms with van der Waals surface area (Å²) in [4.78, 5) is 15.5. The first-order valence-electron chi connectivity index (χ1n) is 5.37. The van der Waals surface area contributed by atoms with E-state index < -0.39 is 22.7 Å². The summed E-state index contributed by atoms with van der Waals surface area (Å²) in [6.07, 6.45) is -3.48. The van der Waals surface area contributed by atoms with E-state index in [0.29, 0.717) is 0 Å². The largest absolute Gasteiger partial charge is 0.448 e. The highest BCUT2D eigenvalue weighted by Gasteiger charge is 2.33. The van der Waals surface area contributed by atoms with E-state index in [9.17, 15) is 18.0 Å². The summed E-state index contributed by atoms with van der Waals surface area (Å²) in [7, 11) is 0. The van der Waals surface area contributed by atoms with Crippen molar-refractivity contribution in [1.29, 1.82) is 0 Å². The molecule has 1 heterocycles. The third-order valence-electron chi connectivity index (χ3n) is 2.38. The summed E-state index contributed by atoms with van der Waals surface area (Å²) in [6, 6.07) is 3.09. The Kier molecular flexibility index (Phi) is 3.71. The van der Waals surface area contributed by atoms with Gasteiger partial charge in [0.15, 0.2) is 11.6 Å². The highest BCUT2D eigenvalue weighted by Crippen LogP contribution is 2.36. The molecular formula is C12H8ClF3N2O2. The van der Waals surface area contributed by atoms with Crippen LogP contribution in [0.25, 0.3) is 0 Å². The fourth-order valence-corrected chi connectivity index (χ4v) is 1.71. The van der Waals surface area contributed by atoms with Gasteiger partial charge in [0.2, 0.25) is 0 Å². The number of carbonyl (C=O) groups excluding carboxylic acids is 1. The fraction of sp³-hybridized carbons (Fsp3) is 0.167. The Labute approximate surface area is 116 Å². The van der Waals surface area contributed by atoms with Crippen molar-refractivity contribution in [3.63, 3.8) is 0 Å². The Morgan fingerprint density at radius 2 is 2.10 bits per heavy atom. The minimum Gasteiger partial charge on any atom is -0.448 e. The lowest BCUT2D eigenvalue weighted by molar-refractivity contribution is -0.137. The number of oxazole rings is 1. The van der Waals surface area contributed by atoms with Crippen LogP contribution in [-0.2, 0) is 6.18 Å². The van der Waals surface area contributed by atoms with Crippen LogP contribution in [0, 0.1) is 6.92 Å². The zero-order valence-corrected chi connectivity index (χ0v) is 10.8. The molecule has 0 unspecified atom stereocenters. The van der Waals surface area contributed by atoms with Gasteiger partial charge in [0, 0.05) is 12.6 Å². The number of anilines is 1. The lowest BCUT2D eigenvalue weighted by Gasteiger charge is -2.11. The second-order valence-electron chi connectivity index (χ2n) is 3.90. The molecule has 0 fully saturated rings. The number of nitrogens with one attached hydrogen (secondary N) is 1. The van der Waals surface area contributed by atoms with Gasteiger partial charge in [0.25, 0.3) is 5.91 Å². The number of rotatable bonds is 2. The lowest BCUT2D eigenvalue weighted by atomic mass is 10.2.